The highest BCUT2D eigenvalue weighted by Crippen LogP contribution is 2.28. The number of aliphatic hydroxyl groups is 1. The highest BCUT2D eigenvalue weighted by atomic mass is 127. The molecular formula is C11H16IN3O. The fourth-order valence-corrected chi connectivity index (χ4v) is 2.57. The minimum absolute atomic E-state index is 0.549. The number of hydrogen-bond acceptors (Lipinski definition) is 4. The highest BCUT2D eigenvalue weighted by molar-refractivity contribution is 14.1. The molecule has 5 heteroatoms. The average Bonchev–Trinajstić information content (AvgIpc) is 2.29. The zero-order valence-electron chi connectivity index (χ0n) is 9.12. The molecule has 0 radical (unpaired) electrons. The van der Waals surface area contributed by atoms with Crippen LogP contribution in [0.5, 0.6) is 0 Å². The molecule has 16 heavy (non-hydrogen) atoms. The molecule has 4 nitrogen and oxygen atoms in total. The van der Waals surface area contributed by atoms with E-state index in [2.05, 4.69) is 37.9 Å². The first-order valence-corrected chi connectivity index (χ1v) is 6.69. The molecular weight excluding hydrogens is 317 g/mol. The minimum Gasteiger partial charge on any atom is -0.388 e. The second-order valence-electron chi connectivity index (χ2n) is 4.36. The van der Waals surface area contributed by atoms with Gasteiger partial charge in [0.25, 0.3) is 0 Å². The molecule has 2 N–H and O–H groups in total. The molecule has 88 valence electrons. The van der Waals surface area contributed by atoms with Crippen molar-refractivity contribution in [1.82, 2.24) is 9.97 Å². The van der Waals surface area contributed by atoms with E-state index in [0.29, 0.717) is 6.54 Å². The van der Waals surface area contributed by atoms with Crippen molar-refractivity contribution in [2.75, 3.05) is 11.9 Å². The molecule has 1 aliphatic carbocycles. The Bertz CT molecular complexity index is 353. The zero-order chi connectivity index (χ0) is 11.4. The van der Waals surface area contributed by atoms with E-state index in [4.69, 9.17) is 0 Å². The first-order valence-electron chi connectivity index (χ1n) is 5.61. The van der Waals surface area contributed by atoms with Crippen LogP contribution < -0.4 is 5.32 Å². The number of aromatic nitrogens is 2. The fraction of sp³-hybridized carbons (Fsp3) is 0.636. The monoisotopic (exact) mass is 333 g/mol. The summed E-state index contributed by atoms with van der Waals surface area (Å²) in [6.45, 7) is 0.583. The van der Waals surface area contributed by atoms with Gasteiger partial charge in [-0.1, -0.05) is 19.3 Å². The normalized spacial score (nSPS) is 19.4. The standard InChI is InChI=1S/C11H16IN3O/c12-9-6-13-8-15-10(9)14-7-11(16)4-2-1-3-5-11/h6,8,16H,1-5,7H2,(H,13,14,15). The van der Waals surface area contributed by atoms with Crippen molar-refractivity contribution >= 4 is 28.4 Å². The van der Waals surface area contributed by atoms with Crippen LogP contribution in [0.3, 0.4) is 0 Å². The van der Waals surface area contributed by atoms with E-state index in [1.165, 1.54) is 12.7 Å². The average molecular weight is 333 g/mol. The molecule has 0 atom stereocenters. The van der Waals surface area contributed by atoms with E-state index in [9.17, 15) is 5.11 Å². The van der Waals surface area contributed by atoms with Crippen LogP contribution in [0.15, 0.2) is 12.5 Å². The van der Waals surface area contributed by atoms with Gasteiger partial charge in [0.15, 0.2) is 0 Å². The summed E-state index contributed by atoms with van der Waals surface area (Å²) in [7, 11) is 0. The number of nitrogens with one attached hydrogen (secondary N) is 1. The Kier molecular flexibility index (Phi) is 3.96. The van der Waals surface area contributed by atoms with E-state index in [-0.39, 0.29) is 0 Å². The summed E-state index contributed by atoms with van der Waals surface area (Å²) < 4.78 is 0.986. The molecule has 1 saturated carbocycles. The molecule has 0 amide bonds. The lowest BCUT2D eigenvalue weighted by molar-refractivity contribution is 0.0166. The zero-order valence-corrected chi connectivity index (χ0v) is 11.3. The van der Waals surface area contributed by atoms with E-state index in [1.807, 2.05) is 0 Å². The van der Waals surface area contributed by atoms with Gasteiger partial charge >= 0.3 is 0 Å². The van der Waals surface area contributed by atoms with Crippen LogP contribution in [0.25, 0.3) is 0 Å². The molecule has 1 fully saturated rings. The van der Waals surface area contributed by atoms with Gasteiger partial charge < -0.3 is 10.4 Å². The molecule has 1 aromatic heterocycles. The van der Waals surface area contributed by atoms with Gasteiger partial charge in [-0.15, -0.1) is 0 Å². The summed E-state index contributed by atoms with van der Waals surface area (Å²) in [6, 6.07) is 0. The Labute approximate surface area is 109 Å². The van der Waals surface area contributed by atoms with Crippen LogP contribution >= 0.6 is 22.6 Å². The Morgan fingerprint density at radius 2 is 2.12 bits per heavy atom. The smallest absolute Gasteiger partial charge is 0.142 e. The number of nitrogens with zero attached hydrogens (tertiary/aromatic N) is 2. The van der Waals surface area contributed by atoms with E-state index < -0.39 is 5.60 Å². The Morgan fingerprint density at radius 3 is 2.81 bits per heavy atom. The number of hydrogen-bond donors (Lipinski definition) is 2. The van der Waals surface area contributed by atoms with Gasteiger partial charge in [0.2, 0.25) is 0 Å². The summed E-state index contributed by atoms with van der Waals surface area (Å²) in [6.07, 6.45) is 8.56. The highest BCUT2D eigenvalue weighted by Gasteiger charge is 2.28. The van der Waals surface area contributed by atoms with Gasteiger partial charge in [-0.3, -0.25) is 0 Å². The largest absolute Gasteiger partial charge is 0.388 e. The van der Waals surface area contributed by atoms with Crippen molar-refractivity contribution in [3.63, 3.8) is 0 Å². The quantitative estimate of drug-likeness (QED) is 0.833. The lowest BCUT2D eigenvalue weighted by Gasteiger charge is -2.32. The van der Waals surface area contributed by atoms with Crippen LogP contribution in [0.4, 0.5) is 5.82 Å². The number of rotatable bonds is 3. The maximum atomic E-state index is 10.3. The molecule has 0 aromatic carbocycles. The molecule has 2 rings (SSSR count). The Morgan fingerprint density at radius 1 is 1.38 bits per heavy atom. The summed E-state index contributed by atoms with van der Waals surface area (Å²) in [5, 5.41) is 13.5. The van der Waals surface area contributed by atoms with Gasteiger partial charge in [-0.2, -0.15) is 0 Å². The predicted molar refractivity (Wildman–Crippen MR) is 71.3 cm³/mol. The summed E-state index contributed by atoms with van der Waals surface area (Å²) in [4.78, 5) is 8.09. The Hall–Kier alpha value is -0.430. The van der Waals surface area contributed by atoms with Gasteiger partial charge in [0.05, 0.1) is 9.17 Å². The second-order valence-corrected chi connectivity index (χ2v) is 5.52. The SMILES string of the molecule is OC1(CNc2ncncc2I)CCCCC1. The molecule has 0 spiro atoms. The molecule has 0 bridgehead atoms. The van der Waals surface area contributed by atoms with E-state index in [0.717, 1.165) is 35.1 Å². The molecule has 1 aliphatic rings. The fourth-order valence-electron chi connectivity index (χ4n) is 2.08. The maximum absolute atomic E-state index is 10.3. The maximum Gasteiger partial charge on any atom is 0.142 e. The molecule has 1 heterocycles. The van der Waals surface area contributed by atoms with Crippen molar-refractivity contribution in [2.45, 2.75) is 37.7 Å². The second kappa shape index (κ2) is 5.27. The van der Waals surface area contributed by atoms with Gasteiger partial charge in [-0.25, -0.2) is 9.97 Å². The van der Waals surface area contributed by atoms with Crippen LogP contribution in [0.1, 0.15) is 32.1 Å². The topological polar surface area (TPSA) is 58.0 Å². The molecule has 0 aliphatic heterocycles. The van der Waals surface area contributed by atoms with Crippen LogP contribution in [0.2, 0.25) is 0 Å². The van der Waals surface area contributed by atoms with Crippen LogP contribution in [0, 0.1) is 3.57 Å². The first-order chi connectivity index (χ1) is 7.70. The van der Waals surface area contributed by atoms with Crippen LogP contribution in [-0.4, -0.2) is 27.2 Å². The minimum atomic E-state index is -0.549. The summed E-state index contributed by atoms with van der Waals surface area (Å²) in [5.74, 6) is 0.814. The summed E-state index contributed by atoms with van der Waals surface area (Å²) in [5.41, 5.74) is -0.549. The molecule has 0 unspecified atom stereocenters. The number of anilines is 1. The summed E-state index contributed by atoms with van der Waals surface area (Å²) >= 11 is 2.19. The third-order valence-corrected chi connectivity index (χ3v) is 3.83. The van der Waals surface area contributed by atoms with Crippen molar-refractivity contribution in [3.05, 3.63) is 16.1 Å². The van der Waals surface area contributed by atoms with E-state index >= 15 is 0 Å². The van der Waals surface area contributed by atoms with Crippen molar-refractivity contribution < 1.29 is 5.11 Å². The lowest BCUT2D eigenvalue weighted by Crippen LogP contribution is -2.39. The van der Waals surface area contributed by atoms with Gasteiger partial charge in [0, 0.05) is 12.7 Å². The van der Waals surface area contributed by atoms with Crippen molar-refractivity contribution in [2.24, 2.45) is 0 Å². The third-order valence-electron chi connectivity index (χ3n) is 3.04. The predicted octanol–water partition coefficient (Wildman–Crippen LogP) is 2.19. The third kappa shape index (κ3) is 3.04. The van der Waals surface area contributed by atoms with Crippen molar-refractivity contribution in [1.29, 1.82) is 0 Å². The first kappa shape index (κ1) is 12.0. The number of halogens is 1. The van der Waals surface area contributed by atoms with Gasteiger partial charge in [0.1, 0.15) is 12.1 Å². The lowest BCUT2D eigenvalue weighted by atomic mass is 9.85. The van der Waals surface area contributed by atoms with E-state index in [1.54, 1.807) is 6.20 Å². The van der Waals surface area contributed by atoms with Crippen LogP contribution in [-0.2, 0) is 0 Å². The molecule has 0 saturated heterocycles. The van der Waals surface area contributed by atoms with Gasteiger partial charge in [-0.05, 0) is 35.4 Å². The Balaban J connectivity index is 1.94. The molecule has 1 aromatic rings. The van der Waals surface area contributed by atoms with Crippen molar-refractivity contribution in [3.8, 4) is 0 Å².